The first-order valence-electron chi connectivity index (χ1n) is 6.04. The van der Waals surface area contributed by atoms with Crippen molar-refractivity contribution in [1.82, 2.24) is 0 Å². The minimum Gasteiger partial charge on any atom is -0.497 e. The van der Waals surface area contributed by atoms with Crippen LogP contribution in [0.1, 0.15) is 12.0 Å². The van der Waals surface area contributed by atoms with Crippen LogP contribution in [-0.4, -0.2) is 39.0 Å². The normalized spacial score (nSPS) is 9.95. The lowest BCUT2D eigenvalue weighted by Gasteiger charge is -2.10. The van der Waals surface area contributed by atoms with Crippen molar-refractivity contribution >= 4 is 23.7 Å². The van der Waals surface area contributed by atoms with Crippen LogP contribution in [0, 0.1) is 0 Å². The van der Waals surface area contributed by atoms with Gasteiger partial charge in [-0.2, -0.15) is 0 Å². The molecular formula is C14H18O5S. The monoisotopic (exact) mass is 298 g/mol. The molecule has 0 aliphatic carbocycles. The minimum absolute atomic E-state index is 0.217. The van der Waals surface area contributed by atoms with Gasteiger partial charge in [0.25, 0.3) is 0 Å². The van der Waals surface area contributed by atoms with Gasteiger partial charge in [-0.05, 0) is 24.1 Å². The fourth-order valence-electron chi connectivity index (χ4n) is 1.54. The summed E-state index contributed by atoms with van der Waals surface area (Å²) in [6.07, 6.45) is 0.856. The fourth-order valence-corrected chi connectivity index (χ4v) is 2.48. The highest BCUT2D eigenvalue weighted by molar-refractivity contribution is 8.00. The molecule has 110 valence electrons. The highest BCUT2D eigenvalue weighted by atomic mass is 32.2. The van der Waals surface area contributed by atoms with Gasteiger partial charge in [0.15, 0.2) is 0 Å². The van der Waals surface area contributed by atoms with Crippen LogP contribution in [0.3, 0.4) is 0 Å². The summed E-state index contributed by atoms with van der Waals surface area (Å²) in [4.78, 5) is 23.3. The van der Waals surface area contributed by atoms with Gasteiger partial charge < -0.3 is 14.2 Å². The number of rotatable bonds is 7. The van der Waals surface area contributed by atoms with Gasteiger partial charge in [-0.3, -0.25) is 9.59 Å². The minimum atomic E-state index is -0.295. The molecule has 0 saturated heterocycles. The summed E-state index contributed by atoms with van der Waals surface area (Å²) in [7, 11) is 4.30. The van der Waals surface area contributed by atoms with Gasteiger partial charge in [0.05, 0.1) is 27.1 Å². The van der Waals surface area contributed by atoms with Crippen molar-refractivity contribution in [2.45, 2.75) is 17.7 Å². The Morgan fingerprint density at radius 1 is 1.10 bits per heavy atom. The number of hydrogen-bond acceptors (Lipinski definition) is 6. The highest BCUT2D eigenvalue weighted by Gasteiger charge is 2.10. The van der Waals surface area contributed by atoms with Gasteiger partial charge in [-0.1, -0.05) is 6.07 Å². The maximum Gasteiger partial charge on any atom is 0.315 e. The number of benzene rings is 1. The third-order valence-corrected chi connectivity index (χ3v) is 3.74. The summed E-state index contributed by atoms with van der Waals surface area (Å²) in [5.41, 5.74) is 0.977. The molecule has 1 rings (SSSR count). The Morgan fingerprint density at radius 2 is 1.80 bits per heavy atom. The maximum absolute atomic E-state index is 11.2. The van der Waals surface area contributed by atoms with E-state index in [1.54, 1.807) is 7.11 Å². The maximum atomic E-state index is 11.2. The van der Waals surface area contributed by atoms with Gasteiger partial charge in [0.1, 0.15) is 5.75 Å². The zero-order valence-corrected chi connectivity index (χ0v) is 12.6. The Kier molecular flexibility index (Phi) is 6.93. The summed E-state index contributed by atoms with van der Waals surface area (Å²) in [6, 6.07) is 5.57. The zero-order chi connectivity index (χ0) is 15.0. The predicted molar refractivity (Wildman–Crippen MR) is 76.1 cm³/mol. The number of carbonyl (C=O) groups excluding carboxylic acids is 2. The summed E-state index contributed by atoms with van der Waals surface area (Å²) in [5, 5.41) is 0. The number of aryl methyl sites for hydroxylation is 1. The van der Waals surface area contributed by atoms with Crippen LogP contribution < -0.4 is 4.74 Å². The number of methoxy groups -OCH3 is 3. The third kappa shape index (κ3) is 5.13. The molecule has 5 nitrogen and oxygen atoms in total. The molecule has 0 aliphatic heterocycles. The van der Waals surface area contributed by atoms with Crippen molar-refractivity contribution in [1.29, 1.82) is 0 Å². The first kappa shape index (κ1) is 16.4. The molecule has 1 aromatic carbocycles. The Bertz CT molecular complexity index is 473. The summed E-state index contributed by atoms with van der Waals surface area (Å²) in [5.74, 6) is 0.371. The van der Waals surface area contributed by atoms with E-state index in [1.807, 2.05) is 18.2 Å². The van der Waals surface area contributed by atoms with E-state index in [0.29, 0.717) is 18.6 Å². The van der Waals surface area contributed by atoms with Gasteiger partial charge in [0, 0.05) is 11.3 Å². The molecule has 0 unspecified atom stereocenters. The number of carbonyl (C=O) groups is 2. The molecular weight excluding hydrogens is 280 g/mol. The standard InChI is InChI=1S/C14H18O5S/c1-17-11-6-4-10(5-7-13(15)18-2)12(8-11)20-9-14(16)19-3/h4,6,8H,5,7,9H2,1-3H3. The lowest BCUT2D eigenvalue weighted by molar-refractivity contribution is -0.140. The lowest BCUT2D eigenvalue weighted by atomic mass is 10.1. The van der Waals surface area contributed by atoms with E-state index in [-0.39, 0.29) is 17.7 Å². The van der Waals surface area contributed by atoms with E-state index in [4.69, 9.17) is 4.74 Å². The van der Waals surface area contributed by atoms with Gasteiger partial charge in [0.2, 0.25) is 0 Å². The Hall–Kier alpha value is -1.69. The Balaban J connectivity index is 2.80. The van der Waals surface area contributed by atoms with Gasteiger partial charge in [-0.25, -0.2) is 0 Å². The smallest absolute Gasteiger partial charge is 0.315 e. The van der Waals surface area contributed by atoms with Crippen molar-refractivity contribution < 1.29 is 23.8 Å². The molecule has 0 amide bonds. The molecule has 0 spiro atoms. The fraction of sp³-hybridized carbons (Fsp3) is 0.429. The first-order valence-corrected chi connectivity index (χ1v) is 7.02. The number of thioether (sulfide) groups is 1. The van der Waals surface area contributed by atoms with Crippen LogP contribution in [-0.2, 0) is 25.5 Å². The second-order valence-electron chi connectivity index (χ2n) is 3.91. The van der Waals surface area contributed by atoms with E-state index in [9.17, 15) is 9.59 Å². The van der Waals surface area contributed by atoms with Crippen LogP contribution in [0.5, 0.6) is 5.75 Å². The summed E-state index contributed by atoms with van der Waals surface area (Å²) >= 11 is 1.36. The molecule has 0 atom stereocenters. The lowest BCUT2D eigenvalue weighted by Crippen LogP contribution is -2.05. The average molecular weight is 298 g/mol. The number of hydrogen-bond donors (Lipinski definition) is 0. The Labute approximate surface area is 122 Å². The molecule has 0 heterocycles. The van der Waals surface area contributed by atoms with Crippen LogP contribution in [0.25, 0.3) is 0 Å². The van der Waals surface area contributed by atoms with Crippen LogP contribution >= 0.6 is 11.8 Å². The number of ether oxygens (including phenoxy) is 3. The average Bonchev–Trinajstić information content (AvgIpc) is 2.50. The van der Waals surface area contributed by atoms with Crippen molar-refractivity contribution in [2.24, 2.45) is 0 Å². The summed E-state index contributed by atoms with van der Waals surface area (Å²) < 4.78 is 14.4. The molecule has 0 radical (unpaired) electrons. The van der Waals surface area contributed by atoms with Crippen molar-refractivity contribution in [3.8, 4) is 5.75 Å². The van der Waals surface area contributed by atoms with E-state index >= 15 is 0 Å². The largest absolute Gasteiger partial charge is 0.497 e. The summed E-state index contributed by atoms with van der Waals surface area (Å²) in [6.45, 7) is 0. The quantitative estimate of drug-likeness (QED) is 0.567. The zero-order valence-electron chi connectivity index (χ0n) is 11.8. The second kappa shape index (κ2) is 8.47. The van der Waals surface area contributed by atoms with Gasteiger partial charge in [-0.15, -0.1) is 11.8 Å². The molecule has 6 heteroatoms. The number of esters is 2. The second-order valence-corrected chi connectivity index (χ2v) is 4.93. The Morgan fingerprint density at radius 3 is 2.40 bits per heavy atom. The van der Waals surface area contributed by atoms with E-state index in [0.717, 1.165) is 10.5 Å². The molecule has 1 aromatic rings. The topological polar surface area (TPSA) is 61.8 Å². The molecule has 20 heavy (non-hydrogen) atoms. The van der Waals surface area contributed by atoms with Gasteiger partial charge >= 0.3 is 11.9 Å². The van der Waals surface area contributed by atoms with Crippen LogP contribution in [0.4, 0.5) is 0 Å². The van der Waals surface area contributed by atoms with Crippen LogP contribution in [0.2, 0.25) is 0 Å². The van der Waals surface area contributed by atoms with E-state index < -0.39 is 0 Å². The molecule has 0 aromatic heterocycles. The molecule has 0 aliphatic rings. The molecule has 0 N–H and O–H groups in total. The molecule has 0 bridgehead atoms. The van der Waals surface area contributed by atoms with Crippen molar-refractivity contribution in [2.75, 3.05) is 27.1 Å². The molecule has 0 saturated carbocycles. The third-order valence-electron chi connectivity index (χ3n) is 2.67. The SMILES string of the molecule is COC(=O)CCc1ccc(OC)cc1SCC(=O)OC. The van der Waals surface area contributed by atoms with E-state index in [2.05, 4.69) is 9.47 Å². The first-order chi connectivity index (χ1) is 9.60. The van der Waals surface area contributed by atoms with E-state index in [1.165, 1.54) is 26.0 Å². The van der Waals surface area contributed by atoms with Crippen LogP contribution in [0.15, 0.2) is 23.1 Å². The van der Waals surface area contributed by atoms with Crippen molar-refractivity contribution in [3.05, 3.63) is 23.8 Å². The predicted octanol–water partition coefficient (Wildman–Crippen LogP) is 2.07. The van der Waals surface area contributed by atoms with Crippen molar-refractivity contribution in [3.63, 3.8) is 0 Å². The molecule has 0 fully saturated rings. The highest BCUT2D eigenvalue weighted by Crippen LogP contribution is 2.28.